The van der Waals surface area contributed by atoms with Crippen LogP contribution in [0.3, 0.4) is 0 Å². The molecular weight excluding hydrogens is 132 g/mol. The van der Waals surface area contributed by atoms with Gasteiger partial charge in [0.2, 0.25) is 0 Å². The van der Waals surface area contributed by atoms with Gasteiger partial charge in [0.1, 0.15) is 6.79 Å². The van der Waals surface area contributed by atoms with E-state index in [1.54, 1.807) is 0 Å². The van der Waals surface area contributed by atoms with E-state index in [9.17, 15) is 0 Å². The first kappa shape index (κ1) is 7.98. The quantitative estimate of drug-likeness (QED) is 0.588. The van der Waals surface area contributed by atoms with Crippen LogP contribution in [0.5, 0.6) is 0 Å². The summed E-state index contributed by atoms with van der Waals surface area (Å²) in [6.45, 7) is 1.46. The van der Waals surface area contributed by atoms with Gasteiger partial charge >= 0.3 is 0 Å². The number of hydrogen-bond donors (Lipinski definition) is 1. The van der Waals surface area contributed by atoms with Gasteiger partial charge in [-0.1, -0.05) is 0 Å². The fourth-order valence-electron chi connectivity index (χ4n) is 1.02. The molecule has 0 bridgehead atoms. The van der Waals surface area contributed by atoms with E-state index in [4.69, 9.17) is 14.6 Å². The molecule has 0 aromatic rings. The Balaban J connectivity index is 1.91. The molecule has 0 radical (unpaired) electrons. The van der Waals surface area contributed by atoms with Crippen LogP contribution >= 0.6 is 0 Å². The molecule has 1 unspecified atom stereocenters. The van der Waals surface area contributed by atoms with Crippen molar-refractivity contribution in [2.45, 2.75) is 25.4 Å². The Bertz CT molecular complexity index is 78.9. The highest BCUT2D eigenvalue weighted by molar-refractivity contribution is 4.59. The number of rotatable bonds is 4. The van der Waals surface area contributed by atoms with Crippen LogP contribution in [0.25, 0.3) is 0 Å². The summed E-state index contributed by atoms with van der Waals surface area (Å²) in [5, 5.41) is 8.47. The third-order valence-corrected chi connectivity index (χ3v) is 1.63. The molecule has 0 spiro atoms. The van der Waals surface area contributed by atoms with Crippen LogP contribution in [-0.2, 0) is 9.47 Å². The second-order valence-electron chi connectivity index (χ2n) is 2.50. The topological polar surface area (TPSA) is 38.7 Å². The molecule has 1 atom stereocenters. The van der Waals surface area contributed by atoms with Crippen LogP contribution in [0.15, 0.2) is 0 Å². The summed E-state index contributed by atoms with van der Waals surface area (Å²) in [4.78, 5) is 0. The lowest BCUT2D eigenvalue weighted by Crippen LogP contribution is -2.08. The fraction of sp³-hybridized carbons (Fsp3) is 1.00. The van der Waals surface area contributed by atoms with E-state index in [0.717, 1.165) is 25.9 Å². The van der Waals surface area contributed by atoms with Crippen LogP contribution in [0, 0.1) is 0 Å². The first-order valence-corrected chi connectivity index (χ1v) is 3.73. The third-order valence-electron chi connectivity index (χ3n) is 1.63. The van der Waals surface area contributed by atoms with E-state index in [1.165, 1.54) is 0 Å². The van der Waals surface area contributed by atoms with Crippen molar-refractivity contribution in [2.24, 2.45) is 0 Å². The highest BCUT2D eigenvalue weighted by atomic mass is 16.7. The van der Waals surface area contributed by atoms with Crippen molar-refractivity contribution in [3.63, 3.8) is 0 Å². The smallest absolute Gasteiger partial charge is 0.147 e. The molecule has 3 heteroatoms. The minimum absolute atomic E-state index is 0.284. The Morgan fingerprint density at radius 2 is 2.30 bits per heavy atom. The van der Waals surface area contributed by atoms with E-state index in [-0.39, 0.29) is 12.7 Å². The summed E-state index contributed by atoms with van der Waals surface area (Å²) in [7, 11) is 0. The van der Waals surface area contributed by atoms with Crippen LogP contribution in [0.2, 0.25) is 0 Å². The monoisotopic (exact) mass is 146 g/mol. The molecule has 3 nitrogen and oxygen atoms in total. The van der Waals surface area contributed by atoms with Gasteiger partial charge < -0.3 is 14.6 Å². The molecule has 10 heavy (non-hydrogen) atoms. The van der Waals surface area contributed by atoms with Gasteiger partial charge in [0.25, 0.3) is 0 Å². The van der Waals surface area contributed by atoms with Crippen molar-refractivity contribution >= 4 is 0 Å². The Hall–Kier alpha value is -0.120. The third kappa shape index (κ3) is 2.64. The molecule has 1 saturated heterocycles. The zero-order valence-corrected chi connectivity index (χ0v) is 6.08. The van der Waals surface area contributed by atoms with Gasteiger partial charge in [-0.3, -0.25) is 0 Å². The maximum Gasteiger partial charge on any atom is 0.147 e. The maximum atomic E-state index is 8.47. The van der Waals surface area contributed by atoms with Gasteiger partial charge in [0, 0.05) is 6.61 Å². The first-order chi connectivity index (χ1) is 4.93. The lowest BCUT2D eigenvalue weighted by Gasteiger charge is -2.04. The number of aliphatic hydroxyl groups is 1. The molecule has 1 rings (SSSR count). The van der Waals surface area contributed by atoms with Crippen molar-refractivity contribution in [3.05, 3.63) is 0 Å². The second-order valence-corrected chi connectivity index (χ2v) is 2.50. The highest BCUT2D eigenvalue weighted by Gasteiger charge is 2.14. The molecule has 1 aliphatic heterocycles. The average Bonchev–Trinajstić information content (AvgIpc) is 2.41. The van der Waals surface area contributed by atoms with Crippen molar-refractivity contribution in [2.75, 3.05) is 20.0 Å². The lowest BCUT2D eigenvalue weighted by molar-refractivity contribution is 0.0437. The number of hydrogen-bond acceptors (Lipinski definition) is 3. The van der Waals surface area contributed by atoms with Crippen LogP contribution in [0.4, 0.5) is 0 Å². The van der Waals surface area contributed by atoms with Crippen molar-refractivity contribution in [1.29, 1.82) is 0 Å². The van der Waals surface area contributed by atoms with E-state index >= 15 is 0 Å². The van der Waals surface area contributed by atoms with Gasteiger partial charge in [-0.15, -0.1) is 0 Å². The minimum Gasteiger partial charge on any atom is -0.396 e. The van der Waals surface area contributed by atoms with Gasteiger partial charge in [0.15, 0.2) is 0 Å². The molecule has 0 amide bonds. The molecular formula is C7H14O3. The van der Waals surface area contributed by atoms with Crippen LogP contribution in [0.1, 0.15) is 19.3 Å². The molecule has 1 aliphatic rings. The standard InChI is InChI=1S/C7H14O3/c8-4-2-1-3-7-5-9-6-10-7/h7-8H,1-6H2. The SMILES string of the molecule is OCCCCC1COCO1. The fourth-order valence-corrected chi connectivity index (χ4v) is 1.02. The predicted octanol–water partition coefficient (Wildman–Crippen LogP) is 0.522. The van der Waals surface area contributed by atoms with E-state index in [1.807, 2.05) is 0 Å². The largest absolute Gasteiger partial charge is 0.396 e. The Labute approximate surface area is 60.9 Å². The summed E-state index contributed by atoms with van der Waals surface area (Å²) in [5.41, 5.74) is 0. The van der Waals surface area contributed by atoms with E-state index in [0.29, 0.717) is 6.79 Å². The summed E-state index contributed by atoms with van der Waals surface area (Å²) in [6, 6.07) is 0. The normalized spacial score (nSPS) is 25.5. The molecule has 1 fully saturated rings. The molecule has 1 N–H and O–H groups in total. The predicted molar refractivity (Wildman–Crippen MR) is 36.6 cm³/mol. The maximum absolute atomic E-state index is 8.47. The lowest BCUT2D eigenvalue weighted by atomic mass is 10.2. The number of unbranched alkanes of at least 4 members (excludes halogenated alkanes) is 1. The van der Waals surface area contributed by atoms with Gasteiger partial charge in [-0.25, -0.2) is 0 Å². The summed E-state index contributed by atoms with van der Waals surface area (Å²) < 4.78 is 10.2. The summed E-state index contributed by atoms with van der Waals surface area (Å²) >= 11 is 0. The number of ether oxygens (including phenoxy) is 2. The molecule has 0 aromatic heterocycles. The second kappa shape index (κ2) is 4.66. The summed E-state index contributed by atoms with van der Waals surface area (Å²) in [5.74, 6) is 0. The Morgan fingerprint density at radius 1 is 1.40 bits per heavy atom. The van der Waals surface area contributed by atoms with E-state index < -0.39 is 0 Å². The highest BCUT2D eigenvalue weighted by Crippen LogP contribution is 2.10. The number of aliphatic hydroxyl groups excluding tert-OH is 1. The molecule has 0 saturated carbocycles. The molecule has 1 heterocycles. The average molecular weight is 146 g/mol. The van der Waals surface area contributed by atoms with Crippen molar-refractivity contribution in [1.82, 2.24) is 0 Å². The molecule has 0 aliphatic carbocycles. The van der Waals surface area contributed by atoms with Crippen molar-refractivity contribution in [3.8, 4) is 0 Å². The molecule has 0 aromatic carbocycles. The van der Waals surface area contributed by atoms with Gasteiger partial charge in [-0.2, -0.15) is 0 Å². The van der Waals surface area contributed by atoms with Gasteiger partial charge in [0.05, 0.1) is 12.7 Å². The van der Waals surface area contributed by atoms with E-state index in [2.05, 4.69) is 0 Å². The Kier molecular flexibility index (Phi) is 3.72. The van der Waals surface area contributed by atoms with Crippen molar-refractivity contribution < 1.29 is 14.6 Å². The Morgan fingerprint density at radius 3 is 2.90 bits per heavy atom. The van der Waals surface area contributed by atoms with Crippen LogP contribution < -0.4 is 0 Å². The first-order valence-electron chi connectivity index (χ1n) is 3.73. The minimum atomic E-state index is 0.284. The summed E-state index contributed by atoms with van der Waals surface area (Å²) in [6.07, 6.45) is 3.21. The zero-order chi connectivity index (χ0) is 7.23. The van der Waals surface area contributed by atoms with Crippen LogP contribution in [-0.4, -0.2) is 31.2 Å². The van der Waals surface area contributed by atoms with Gasteiger partial charge in [-0.05, 0) is 19.3 Å². The zero-order valence-electron chi connectivity index (χ0n) is 6.08. The molecule has 60 valence electrons.